The number of hydrogen-bond acceptors (Lipinski definition) is 3. The SMILES string of the molecule is O=C(c1cnn(-c2ccccc2)c1)N1CCC(C(=O)O)(C(F)(F)F)C1. The first-order chi connectivity index (χ1) is 11.7. The molecule has 1 aliphatic rings. The van der Waals surface area contributed by atoms with Gasteiger partial charge in [-0.1, -0.05) is 18.2 Å². The van der Waals surface area contributed by atoms with Crippen molar-refractivity contribution in [1.29, 1.82) is 0 Å². The number of carboxylic acid groups (broad SMARTS) is 1. The Bertz CT molecular complexity index is 804. The Morgan fingerprint density at radius 1 is 1.20 bits per heavy atom. The maximum Gasteiger partial charge on any atom is 0.406 e. The molecule has 0 bridgehead atoms. The van der Waals surface area contributed by atoms with Gasteiger partial charge in [0.2, 0.25) is 0 Å². The first-order valence-electron chi connectivity index (χ1n) is 7.44. The predicted molar refractivity (Wildman–Crippen MR) is 80.2 cm³/mol. The third kappa shape index (κ3) is 2.86. The highest BCUT2D eigenvalue weighted by atomic mass is 19.4. The Morgan fingerprint density at radius 3 is 2.44 bits per heavy atom. The van der Waals surface area contributed by atoms with Gasteiger partial charge >= 0.3 is 12.1 Å². The van der Waals surface area contributed by atoms with E-state index in [1.54, 1.807) is 24.3 Å². The minimum Gasteiger partial charge on any atom is -0.481 e. The van der Waals surface area contributed by atoms with E-state index in [2.05, 4.69) is 5.10 Å². The average Bonchev–Trinajstić information content (AvgIpc) is 3.22. The number of carbonyl (C=O) groups excluding carboxylic acids is 1. The van der Waals surface area contributed by atoms with E-state index < -0.39 is 36.4 Å². The number of amides is 1. The molecule has 0 radical (unpaired) electrons. The van der Waals surface area contributed by atoms with Crippen LogP contribution in [0, 0.1) is 5.41 Å². The Hall–Kier alpha value is -2.84. The van der Waals surface area contributed by atoms with Crippen LogP contribution in [0.15, 0.2) is 42.7 Å². The van der Waals surface area contributed by atoms with Gasteiger partial charge in [0.15, 0.2) is 5.41 Å². The number of halogens is 3. The molecule has 1 aromatic heterocycles. The van der Waals surface area contributed by atoms with Gasteiger partial charge in [0.25, 0.3) is 5.91 Å². The molecule has 1 saturated heterocycles. The Labute approximate surface area is 140 Å². The first-order valence-corrected chi connectivity index (χ1v) is 7.44. The van der Waals surface area contributed by atoms with Gasteiger partial charge in [-0.25, -0.2) is 4.68 Å². The molecule has 1 aliphatic heterocycles. The number of likely N-dealkylation sites (tertiary alicyclic amines) is 1. The number of aliphatic carboxylic acids is 1. The lowest BCUT2D eigenvalue weighted by molar-refractivity contribution is -0.227. The molecule has 6 nitrogen and oxygen atoms in total. The molecule has 3 rings (SSSR count). The second-order valence-electron chi connectivity index (χ2n) is 5.87. The zero-order chi connectivity index (χ0) is 18.2. The molecule has 132 valence electrons. The highest BCUT2D eigenvalue weighted by Gasteiger charge is 2.64. The summed E-state index contributed by atoms with van der Waals surface area (Å²) in [5, 5.41) is 13.1. The van der Waals surface area contributed by atoms with Crippen molar-refractivity contribution in [2.45, 2.75) is 12.6 Å². The molecule has 2 aromatic rings. The third-order valence-corrected chi connectivity index (χ3v) is 4.36. The normalized spacial score (nSPS) is 20.7. The summed E-state index contributed by atoms with van der Waals surface area (Å²) < 4.78 is 41.0. The molecule has 1 unspecified atom stereocenters. The Kier molecular flexibility index (Phi) is 4.02. The van der Waals surface area contributed by atoms with Crippen molar-refractivity contribution >= 4 is 11.9 Å². The zero-order valence-corrected chi connectivity index (χ0v) is 12.9. The number of rotatable bonds is 3. The van der Waals surface area contributed by atoms with Gasteiger partial charge in [0.1, 0.15) is 0 Å². The second-order valence-corrected chi connectivity index (χ2v) is 5.87. The maximum atomic E-state index is 13.2. The van der Waals surface area contributed by atoms with Crippen LogP contribution in [0.5, 0.6) is 0 Å². The largest absolute Gasteiger partial charge is 0.481 e. The standard InChI is InChI=1S/C16H14F3N3O3/c17-16(18,19)15(14(24)25)6-7-21(10-15)13(23)11-8-20-22(9-11)12-4-2-1-3-5-12/h1-5,8-9H,6-7,10H2,(H,24,25). The fraction of sp³-hybridized carbons (Fsp3) is 0.312. The number of nitrogens with zero attached hydrogens (tertiary/aromatic N) is 3. The molecular formula is C16H14F3N3O3. The smallest absolute Gasteiger partial charge is 0.406 e. The molecule has 1 amide bonds. The van der Waals surface area contributed by atoms with E-state index in [9.17, 15) is 22.8 Å². The molecular weight excluding hydrogens is 339 g/mol. The van der Waals surface area contributed by atoms with Gasteiger partial charge in [-0.3, -0.25) is 9.59 Å². The van der Waals surface area contributed by atoms with Gasteiger partial charge in [-0.15, -0.1) is 0 Å². The first kappa shape index (κ1) is 17.0. The van der Waals surface area contributed by atoms with Crippen molar-refractivity contribution in [2.24, 2.45) is 5.41 Å². The van der Waals surface area contributed by atoms with Crippen molar-refractivity contribution in [2.75, 3.05) is 13.1 Å². The number of carboxylic acids is 1. The van der Waals surface area contributed by atoms with E-state index in [-0.39, 0.29) is 12.1 Å². The van der Waals surface area contributed by atoms with Crippen molar-refractivity contribution in [3.8, 4) is 5.69 Å². The summed E-state index contributed by atoms with van der Waals surface area (Å²) in [4.78, 5) is 24.5. The third-order valence-electron chi connectivity index (χ3n) is 4.36. The van der Waals surface area contributed by atoms with E-state index in [4.69, 9.17) is 5.11 Å². The van der Waals surface area contributed by atoms with Crippen LogP contribution in [0.4, 0.5) is 13.2 Å². The van der Waals surface area contributed by atoms with Gasteiger partial charge in [0, 0.05) is 19.3 Å². The molecule has 0 saturated carbocycles. The minimum absolute atomic E-state index is 0.104. The lowest BCUT2D eigenvalue weighted by Gasteiger charge is -2.27. The van der Waals surface area contributed by atoms with Crippen LogP contribution >= 0.6 is 0 Å². The number of benzene rings is 1. The van der Waals surface area contributed by atoms with Gasteiger partial charge in [-0.2, -0.15) is 18.3 Å². The number of aromatic nitrogens is 2. The van der Waals surface area contributed by atoms with Crippen molar-refractivity contribution in [3.05, 3.63) is 48.3 Å². The summed E-state index contributed by atoms with van der Waals surface area (Å²) in [6.45, 7) is -1.18. The van der Waals surface area contributed by atoms with Crippen LogP contribution in [-0.4, -0.2) is 50.9 Å². The van der Waals surface area contributed by atoms with Crippen molar-refractivity contribution in [1.82, 2.24) is 14.7 Å². The minimum atomic E-state index is -4.93. The maximum absolute atomic E-state index is 13.2. The highest BCUT2D eigenvalue weighted by Crippen LogP contribution is 2.45. The molecule has 1 fully saturated rings. The molecule has 25 heavy (non-hydrogen) atoms. The summed E-state index contributed by atoms with van der Waals surface area (Å²) in [5.74, 6) is -2.63. The molecule has 0 spiro atoms. The average molecular weight is 353 g/mol. The predicted octanol–water partition coefficient (Wildman–Crippen LogP) is 2.35. The molecule has 1 N–H and O–H groups in total. The van der Waals surface area contributed by atoms with Crippen LogP contribution < -0.4 is 0 Å². The monoisotopic (exact) mass is 353 g/mol. The Balaban J connectivity index is 1.81. The molecule has 0 aliphatic carbocycles. The van der Waals surface area contributed by atoms with Crippen molar-refractivity contribution in [3.63, 3.8) is 0 Å². The van der Waals surface area contributed by atoms with E-state index >= 15 is 0 Å². The van der Waals surface area contributed by atoms with Crippen LogP contribution in [0.2, 0.25) is 0 Å². The number of hydrogen-bond donors (Lipinski definition) is 1. The lowest BCUT2D eigenvalue weighted by Crippen LogP contribution is -2.47. The van der Waals surface area contributed by atoms with Gasteiger partial charge in [-0.05, 0) is 18.6 Å². The van der Waals surface area contributed by atoms with Crippen LogP contribution in [0.25, 0.3) is 5.69 Å². The molecule has 1 aromatic carbocycles. The fourth-order valence-corrected chi connectivity index (χ4v) is 2.85. The van der Waals surface area contributed by atoms with Crippen molar-refractivity contribution < 1.29 is 27.9 Å². The second kappa shape index (κ2) is 5.91. The quantitative estimate of drug-likeness (QED) is 0.919. The summed E-state index contributed by atoms with van der Waals surface area (Å²) >= 11 is 0. The van der Waals surface area contributed by atoms with E-state index in [1.807, 2.05) is 6.07 Å². The summed E-state index contributed by atoms with van der Waals surface area (Å²) in [6.07, 6.45) is -2.93. The van der Waals surface area contributed by atoms with Crippen LogP contribution in [0.1, 0.15) is 16.8 Å². The highest BCUT2D eigenvalue weighted by molar-refractivity contribution is 5.94. The summed E-state index contributed by atoms with van der Waals surface area (Å²) in [5.41, 5.74) is -2.12. The Morgan fingerprint density at radius 2 is 1.88 bits per heavy atom. The summed E-state index contributed by atoms with van der Waals surface area (Å²) in [7, 11) is 0. The van der Waals surface area contributed by atoms with Crippen LogP contribution in [0.3, 0.4) is 0 Å². The van der Waals surface area contributed by atoms with Gasteiger partial charge in [0.05, 0.1) is 17.4 Å². The van der Waals surface area contributed by atoms with E-state index in [1.165, 1.54) is 17.1 Å². The molecule has 2 heterocycles. The summed E-state index contributed by atoms with van der Waals surface area (Å²) in [6, 6.07) is 8.89. The lowest BCUT2D eigenvalue weighted by atomic mass is 9.86. The number of para-hydroxylation sites is 1. The zero-order valence-electron chi connectivity index (χ0n) is 12.9. The fourth-order valence-electron chi connectivity index (χ4n) is 2.85. The molecule has 1 atom stereocenters. The van der Waals surface area contributed by atoms with Crippen LogP contribution in [-0.2, 0) is 4.79 Å². The van der Waals surface area contributed by atoms with Gasteiger partial charge < -0.3 is 10.0 Å². The van der Waals surface area contributed by atoms with E-state index in [0.717, 1.165) is 4.90 Å². The topological polar surface area (TPSA) is 75.4 Å². The van der Waals surface area contributed by atoms with E-state index in [0.29, 0.717) is 5.69 Å². The molecule has 9 heteroatoms. The number of carbonyl (C=O) groups is 2. The number of alkyl halides is 3.